The Morgan fingerprint density at radius 1 is 1.67 bits per heavy atom. The highest BCUT2D eigenvalue weighted by atomic mass is 79.9. The molecule has 2 N–H and O–H groups in total. The smallest absolute Gasteiger partial charge is 0.291 e. The molecule has 0 aliphatic carbocycles. The first kappa shape index (κ1) is 14.8. The third kappa shape index (κ3) is 3.39. The Kier molecular flexibility index (Phi) is 5.49. The Bertz CT molecular complexity index is 440. The Balaban J connectivity index is 2.98. The summed E-state index contributed by atoms with van der Waals surface area (Å²) in [4.78, 5) is 14.3. The fourth-order valence-electron chi connectivity index (χ4n) is 1.58. The highest BCUT2D eigenvalue weighted by Gasteiger charge is 2.18. The van der Waals surface area contributed by atoms with Crippen molar-refractivity contribution in [2.45, 2.75) is 32.7 Å². The molecule has 0 aliphatic rings. The van der Waals surface area contributed by atoms with E-state index in [-0.39, 0.29) is 18.3 Å². The standard InChI is InChI=1S/C11H16BrN3O3/c1-3-8(4-5-16)14-11-10(12)7(2)9(6-13-11)15(17)18/h6,8,16H,3-5H2,1-2H3,(H,13,14). The lowest BCUT2D eigenvalue weighted by Crippen LogP contribution is -2.21. The van der Waals surface area contributed by atoms with Crippen LogP contribution in [0.3, 0.4) is 0 Å². The number of hydrogen-bond acceptors (Lipinski definition) is 5. The molecule has 1 atom stereocenters. The van der Waals surface area contributed by atoms with Crippen molar-refractivity contribution in [2.75, 3.05) is 11.9 Å². The molecule has 1 aromatic rings. The molecule has 18 heavy (non-hydrogen) atoms. The molecule has 7 heteroatoms. The molecule has 0 saturated carbocycles. The molecule has 0 aromatic carbocycles. The van der Waals surface area contributed by atoms with E-state index in [4.69, 9.17) is 5.11 Å². The van der Waals surface area contributed by atoms with Crippen LogP contribution in [0.25, 0.3) is 0 Å². The van der Waals surface area contributed by atoms with E-state index in [1.54, 1.807) is 6.92 Å². The van der Waals surface area contributed by atoms with Gasteiger partial charge in [0.1, 0.15) is 12.0 Å². The van der Waals surface area contributed by atoms with Gasteiger partial charge in [0.2, 0.25) is 0 Å². The molecule has 0 aliphatic heterocycles. The highest BCUT2D eigenvalue weighted by Crippen LogP contribution is 2.31. The predicted octanol–water partition coefficient (Wildman–Crippen LogP) is 2.63. The van der Waals surface area contributed by atoms with Gasteiger partial charge in [-0.2, -0.15) is 0 Å². The molecular formula is C11H16BrN3O3. The van der Waals surface area contributed by atoms with Crippen molar-refractivity contribution in [3.8, 4) is 0 Å². The summed E-state index contributed by atoms with van der Waals surface area (Å²) in [5, 5.41) is 22.8. The van der Waals surface area contributed by atoms with Crippen molar-refractivity contribution in [2.24, 2.45) is 0 Å². The molecule has 0 bridgehead atoms. The fraction of sp³-hybridized carbons (Fsp3) is 0.545. The second-order valence-corrected chi connectivity index (χ2v) is 4.74. The summed E-state index contributed by atoms with van der Waals surface area (Å²) in [6.07, 6.45) is 2.69. The number of aliphatic hydroxyl groups excluding tert-OH is 1. The van der Waals surface area contributed by atoms with Crippen molar-refractivity contribution in [3.05, 3.63) is 26.3 Å². The molecule has 0 spiro atoms. The molecule has 0 radical (unpaired) electrons. The predicted molar refractivity (Wildman–Crippen MR) is 72.7 cm³/mol. The van der Waals surface area contributed by atoms with Crippen molar-refractivity contribution in [3.63, 3.8) is 0 Å². The van der Waals surface area contributed by atoms with Gasteiger partial charge in [-0.15, -0.1) is 0 Å². The molecular weight excluding hydrogens is 302 g/mol. The van der Waals surface area contributed by atoms with Crippen LogP contribution in [0.4, 0.5) is 11.5 Å². The summed E-state index contributed by atoms with van der Waals surface area (Å²) in [5.74, 6) is 0.568. The van der Waals surface area contributed by atoms with Crippen molar-refractivity contribution in [1.82, 2.24) is 4.98 Å². The maximum absolute atomic E-state index is 10.8. The van der Waals surface area contributed by atoms with E-state index < -0.39 is 4.92 Å². The molecule has 0 fully saturated rings. The molecule has 1 heterocycles. The van der Waals surface area contributed by atoms with Crippen LogP contribution < -0.4 is 5.32 Å². The van der Waals surface area contributed by atoms with Gasteiger partial charge in [0.05, 0.1) is 9.40 Å². The molecule has 0 amide bonds. The Morgan fingerprint density at radius 3 is 2.83 bits per heavy atom. The number of anilines is 1. The van der Waals surface area contributed by atoms with Crippen LogP contribution >= 0.6 is 15.9 Å². The quantitative estimate of drug-likeness (QED) is 0.622. The summed E-state index contributed by atoms with van der Waals surface area (Å²) >= 11 is 3.32. The van der Waals surface area contributed by atoms with E-state index in [1.807, 2.05) is 6.92 Å². The topological polar surface area (TPSA) is 88.3 Å². The summed E-state index contributed by atoms with van der Waals surface area (Å²) < 4.78 is 0.591. The summed E-state index contributed by atoms with van der Waals surface area (Å²) in [5.41, 5.74) is 0.527. The van der Waals surface area contributed by atoms with E-state index >= 15 is 0 Å². The largest absolute Gasteiger partial charge is 0.396 e. The lowest BCUT2D eigenvalue weighted by molar-refractivity contribution is -0.385. The number of nitrogens with one attached hydrogen (secondary N) is 1. The van der Waals surface area contributed by atoms with Crippen LogP contribution in [0.5, 0.6) is 0 Å². The average molecular weight is 318 g/mol. The van der Waals surface area contributed by atoms with Gasteiger partial charge in [-0.1, -0.05) is 6.92 Å². The zero-order valence-electron chi connectivity index (χ0n) is 10.3. The highest BCUT2D eigenvalue weighted by molar-refractivity contribution is 9.10. The summed E-state index contributed by atoms with van der Waals surface area (Å²) in [6.45, 7) is 3.76. The van der Waals surface area contributed by atoms with E-state index in [9.17, 15) is 10.1 Å². The first-order valence-corrected chi connectivity index (χ1v) is 6.47. The summed E-state index contributed by atoms with van der Waals surface area (Å²) in [6, 6.07) is 0.0969. The van der Waals surface area contributed by atoms with Gasteiger partial charge in [-0.3, -0.25) is 10.1 Å². The summed E-state index contributed by atoms with van der Waals surface area (Å²) in [7, 11) is 0. The molecule has 1 aromatic heterocycles. The maximum atomic E-state index is 10.8. The fourth-order valence-corrected chi connectivity index (χ4v) is 2.00. The molecule has 0 saturated heterocycles. The van der Waals surface area contributed by atoms with Gasteiger partial charge >= 0.3 is 0 Å². The molecule has 6 nitrogen and oxygen atoms in total. The van der Waals surface area contributed by atoms with Gasteiger partial charge in [0, 0.05) is 18.2 Å². The van der Waals surface area contributed by atoms with E-state index in [0.717, 1.165) is 6.42 Å². The van der Waals surface area contributed by atoms with Gasteiger partial charge in [0.25, 0.3) is 5.69 Å². The van der Waals surface area contributed by atoms with Crippen LogP contribution in [-0.4, -0.2) is 27.7 Å². The molecule has 100 valence electrons. The van der Waals surface area contributed by atoms with Gasteiger partial charge in [0.15, 0.2) is 0 Å². The minimum atomic E-state index is -0.456. The minimum absolute atomic E-state index is 0.0115. The number of aliphatic hydroxyl groups is 1. The maximum Gasteiger partial charge on any atom is 0.291 e. The zero-order valence-corrected chi connectivity index (χ0v) is 11.9. The van der Waals surface area contributed by atoms with Gasteiger partial charge in [-0.25, -0.2) is 4.98 Å². The first-order valence-electron chi connectivity index (χ1n) is 5.68. The van der Waals surface area contributed by atoms with Crippen molar-refractivity contribution in [1.29, 1.82) is 0 Å². The van der Waals surface area contributed by atoms with Crippen LogP contribution in [0.1, 0.15) is 25.3 Å². The average Bonchev–Trinajstić information content (AvgIpc) is 2.33. The van der Waals surface area contributed by atoms with Gasteiger partial charge < -0.3 is 10.4 Å². The third-order valence-electron chi connectivity index (χ3n) is 2.75. The Hall–Kier alpha value is -1.21. The second kappa shape index (κ2) is 6.65. The van der Waals surface area contributed by atoms with Crippen molar-refractivity contribution >= 4 is 27.4 Å². The molecule has 1 rings (SSSR count). The number of nitrogens with zero attached hydrogens (tertiary/aromatic N) is 2. The third-order valence-corrected chi connectivity index (χ3v) is 3.72. The lowest BCUT2D eigenvalue weighted by atomic mass is 10.1. The number of nitro groups is 1. The number of rotatable bonds is 6. The zero-order chi connectivity index (χ0) is 13.7. The van der Waals surface area contributed by atoms with Crippen LogP contribution in [0, 0.1) is 17.0 Å². The first-order chi connectivity index (χ1) is 8.51. The van der Waals surface area contributed by atoms with E-state index in [1.165, 1.54) is 6.20 Å². The second-order valence-electron chi connectivity index (χ2n) is 3.95. The Labute approximate surface area is 114 Å². The number of pyridine rings is 1. The Morgan fingerprint density at radius 2 is 2.33 bits per heavy atom. The number of hydrogen-bond donors (Lipinski definition) is 2. The van der Waals surface area contributed by atoms with E-state index in [2.05, 4.69) is 26.2 Å². The SMILES string of the molecule is CCC(CCO)Nc1ncc([N+](=O)[O-])c(C)c1Br. The van der Waals surface area contributed by atoms with Crippen molar-refractivity contribution < 1.29 is 10.0 Å². The number of halogens is 1. The van der Waals surface area contributed by atoms with Crippen LogP contribution in [0.15, 0.2) is 10.7 Å². The lowest BCUT2D eigenvalue weighted by Gasteiger charge is -2.17. The number of aromatic nitrogens is 1. The minimum Gasteiger partial charge on any atom is -0.396 e. The van der Waals surface area contributed by atoms with E-state index in [0.29, 0.717) is 22.3 Å². The monoisotopic (exact) mass is 317 g/mol. The van der Waals surface area contributed by atoms with Gasteiger partial charge in [-0.05, 0) is 35.7 Å². The van der Waals surface area contributed by atoms with Crippen LogP contribution in [-0.2, 0) is 0 Å². The molecule has 1 unspecified atom stereocenters. The van der Waals surface area contributed by atoms with Crippen LogP contribution in [0.2, 0.25) is 0 Å². The normalized spacial score (nSPS) is 12.2.